The molecular weight excluding hydrogens is 340 g/mol. The number of imide groups is 1. The molecule has 2 fully saturated rings. The molecule has 0 unspecified atom stereocenters. The van der Waals surface area contributed by atoms with Gasteiger partial charge in [-0.05, 0) is 31.2 Å². The van der Waals surface area contributed by atoms with Gasteiger partial charge in [0, 0.05) is 5.56 Å². The van der Waals surface area contributed by atoms with Crippen LogP contribution in [0.15, 0.2) is 36.4 Å². The quantitative estimate of drug-likeness (QED) is 0.477. The normalized spacial score (nSPS) is 28.4. The minimum absolute atomic E-state index is 0.216. The Kier molecular flexibility index (Phi) is 3.84. The van der Waals surface area contributed by atoms with Crippen LogP contribution in [0, 0.1) is 11.8 Å². The van der Waals surface area contributed by atoms with Gasteiger partial charge in [-0.2, -0.15) is 5.01 Å². The summed E-state index contributed by atoms with van der Waals surface area (Å²) in [6.45, 7) is 1.95. The predicted octanol–water partition coefficient (Wildman–Crippen LogP) is 0.446. The molecule has 3 amide bonds. The van der Waals surface area contributed by atoms with Crippen LogP contribution < -0.4 is 5.43 Å². The van der Waals surface area contributed by atoms with E-state index in [1.807, 2.05) is 0 Å². The van der Waals surface area contributed by atoms with Gasteiger partial charge in [-0.15, -0.1) is 0 Å². The van der Waals surface area contributed by atoms with Crippen molar-refractivity contribution in [1.29, 1.82) is 0 Å². The lowest BCUT2D eigenvalue weighted by Crippen LogP contribution is -2.47. The smallest absolute Gasteiger partial charge is 0.338 e. The van der Waals surface area contributed by atoms with E-state index < -0.39 is 47.7 Å². The van der Waals surface area contributed by atoms with Gasteiger partial charge in [0.1, 0.15) is 0 Å². The van der Waals surface area contributed by atoms with Crippen LogP contribution in [-0.2, 0) is 19.1 Å². The zero-order valence-electron chi connectivity index (χ0n) is 13.9. The molecule has 26 heavy (non-hydrogen) atoms. The summed E-state index contributed by atoms with van der Waals surface area (Å²) in [6.07, 6.45) is 2.73. The van der Waals surface area contributed by atoms with Crippen LogP contribution in [0.4, 0.5) is 0 Å². The number of hydrogen-bond acceptors (Lipinski definition) is 6. The maximum Gasteiger partial charge on any atom is 0.338 e. The maximum absolute atomic E-state index is 12.5. The molecule has 1 aromatic rings. The topological polar surface area (TPSA) is 102 Å². The van der Waals surface area contributed by atoms with Gasteiger partial charge < -0.3 is 9.47 Å². The predicted molar refractivity (Wildman–Crippen MR) is 86.5 cm³/mol. The van der Waals surface area contributed by atoms with E-state index in [1.165, 1.54) is 24.3 Å². The fraction of sp³-hybridized carbons (Fsp3) is 0.333. The molecule has 3 aliphatic heterocycles. The monoisotopic (exact) mass is 356 g/mol. The van der Waals surface area contributed by atoms with Crippen molar-refractivity contribution in [3.63, 3.8) is 0 Å². The summed E-state index contributed by atoms with van der Waals surface area (Å²) in [5.74, 6) is -3.18. The Morgan fingerprint density at radius 2 is 1.58 bits per heavy atom. The minimum atomic E-state index is -0.608. The van der Waals surface area contributed by atoms with E-state index in [4.69, 9.17) is 9.47 Å². The van der Waals surface area contributed by atoms with E-state index in [-0.39, 0.29) is 12.2 Å². The molecule has 0 aliphatic carbocycles. The van der Waals surface area contributed by atoms with Gasteiger partial charge in [0.2, 0.25) is 0 Å². The fourth-order valence-corrected chi connectivity index (χ4v) is 3.55. The molecule has 0 radical (unpaired) electrons. The number of ether oxygens (including phenoxy) is 2. The van der Waals surface area contributed by atoms with Crippen molar-refractivity contribution >= 4 is 23.7 Å². The number of rotatable bonds is 4. The Balaban J connectivity index is 1.46. The molecule has 4 atom stereocenters. The number of hydrogen-bond donors (Lipinski definition) is 1. The van der Waals surface area contributed by atoms with Crippen LogP contribution in [0.2, 0.25) is 0 Å². The second kappa shape index (κ2) is 6.06. The first-order valence-electron chi connectivity index (χ1n) is 8.31. The third kappa shape index (κ3) is 2.41. The first-order chi connectivity index (χ1) is 12.5. The lowest BCUT2D eigenvalue weighted by Gasteiger charge is -2.18. The second-order valence-electron chi connectivity index (χ2n) is 6.25. The van der Waals surface area contributed by atoms with Gasteiger partial charge in [0.15, 0.2) is 0 Å². The SMILES string of the molecule is CCOC(=O)c1ccc(C(=O)NN2C(=O)[C@@H]3[C@H](C2=O)[C@H]2C=C[C@@H]3O2)cc1. The van der Waals surface area contributed by atoms with Crippen molar-refractivity contribution in [3.05, 3.63) is 47.5 Å². The molecule has 0 spiro atoms. The fourth-order valence-electron chi connectivity index (χ4n) is 3.55. The summed E-state index contributed by atoms with van der Waals surface area (Å²) in [4.78, 5) is 49.0. The van der Waals surface area contributed by atoms with Gasteiger partial charge in [-0.25, -0.2) is 4.79 Å². The highest BCUT2D eigenvalue weighted by Gasteiger charge is 2.61. The summed E-state index contributed by atoms with van der Waals surface area (Å²) in [7, 11) is 0. The zero-order valence-corrected chi connectivity index (χ0v) is 13.9. The van der Waals surface area contributed by atoms with Crippen molar-refractivity contribution < 1.29 is 28.7 Å². The Bertz CT molecular complexity index is 801. The standard InChI is InChI=1S/C18H16N2O6/c1-2-25-18(24)10-5-3-9(4-6-10)15(21)19-20-16(22)13-11-7-8-12(26-11)14(13)17(20)23/h3-8,11-14H,2H2,1H3,(H,19,21)/t11-,12+,13-,14+. The number of hydrazine groups is 1. The summed E-state index contributed by atoms with van der Waals surface area (Å²) in [6, 6.07) is 5.77. The highest BCUT2D eigenvalue weighted by molar-refractivity contribution is 6.09. The summed E-state index contributed by atoms with van der Waals surface area (Å²) < 4.78 is 10.4. The van der Waals surface area contributed by atoms with Crippen molar-refractivity contribution in [3.8, 4) is 0 Å². The van der Waals surface area contributed by atoms with E-state index in [1.54, 1.807) is 19.1 Å². The number of carbonyl (C=O) groups is 4. The van der Waals surface area contributed by atoms with Gasteiger partial charge in [-0.1, -0.05) is 12.2 Å². The van der Waals surface area contributed by atoms with Crippen molar-refractivity contribution in [2.75, 3.05) is 6.61 Å². The summed E-state index contributed by atoms with van der Waals surface area (Å²) in [5, 5.41) is 0.784. The molecule has 3 aliphatic rings. The first kappa shape index (κ1) is 16.5. The second-order valence-corrected chi connectivity index (χ2v) is 6.25. The van der Waals surface area contributed by atoms with Crippen LogP contribution in [0.25, 0.3) is 0 Å². The lowest BCUT2D eigenvalue weighted by molar-refractivity contribution is -0.145. The third-order valence-corrected chi connectivity index (χ3v) is 4.78. The number of benzene rings is 1. The van der Waals surface area contributed by atoms with E-state index in [0.717, 1.165) is 5.01 Å². The largest absolute Gasteiger partial charge is 0.462 e. The highest BCUT2D eigenvalue weighted by Crippen LogP contribution is 2.44. The molecule has 0 aromatic heterocycles. The number of fused-ring (bicyclic) bond motifs is 5. The number of carbonyl (C=O) groups excluding carboxylic acids is 4. The first-order valence-corrected chi connectivity index (χ1v) is 8.31. The van der Waals surface area contributed by atoms with Crippen LogP contribution >= 0.6 is 0 Å². The van der Waals surface area contributed by atoms with Crippen LogP contribution in [0.1, 0.15) is 27.6 Å². The molecule has 1 aromatic carbocycles. The molecule has 0 saturated carbocycles. The molecule has 8 nitrogen and oxygen atoms in total. The van der Waals surface area contributed by atoms with Crippen molar-refractivity contribution in [1.82, 2.24) is 10.4 Å². The average Bonchev–Trinajstić information content (AvgIpc) is 3.32. The summed E-state index contributed by atoms with van der Waals surface area (Å²) in [5.41, 5.74) is 2.89. The number of esters is 1. The molecule has 134 valence electrons. The van der Waals surface area contributed by atoms with Gasteiger partial charge >= 0.3 is 5.97 Å². The van der Waals surface area contributed by atoms with Gasteiger partial charge in [-0.3, -0.25) is 19.8 Å². The molecule has 3 heterocycles. The lowest BCUT2D eigenvalue weighted by atomic mass is 9.85. The average molecular weight is 356 g/mol. The van der Waals surface area contributed by atoms with Crippen LogP contribution in [0.3, 0.4) is 0 Å². The van der Waals surface area contributed by atoms with E-state index in [0.29, 0.717) is 5.56 Å². The van der Waals surface area contributed by atoms with Gasteiger partial charge in [0.25, 0.3) is 17.7 Å². The molecule has 2 bridgehead atoms. The van der Waals surface area contributed by atoms with E-state index in [9.17, 15) is 19.2 Å². The molecular formula is C18H16N2O6. The number of nitrogens with zero attached hydrogens (tertiary/aromatic N) is 1. The zero-order chi connectivity index (χ0) is 18.4. The summed E-state index contributed by atoms with van der Waals surface area (Å²) >= 11 is 0. The number of amides is 3. The third-order valence-electron chi connectivity index (χ3n) is 4.78. The molecule has 2 saturated heterocycles. The number of nitrogens with one attached hydrogen (secondary N) is 1. The Labute approximate surface area is 148 Å². The molecule has 1 N–H and O–H groups in total. The van der Waals surface area contributed by atoms with Gasteiger partial charge in [0.05, 0.1) is 36.2 Å². The van der Waals surface area contributed by atoms with Crippen LogP contribution in [0.5, 0.6) is 0 Å². The van der Waals surface area contributed by atoms with E-state index >= 15 is 0 Å². The Morgan fingerprint density at radius 1 is 1.04 bits per heavy atom. The van der Waals surface area contributed by atoms with Crippen molar-refractivity contribution in [2.24, 2.45) is 11.8 Å². The van der Waals surface area contributed by atoms with Crippen LogP contribution in [-0.4, -0.2) is 47.5 Å². The maximum atomic E-state index is 12.5. The minimum Gasteiger partial charge on any atom is -0.462 e. The van der Waals surface area contributed by atoms with E-state index in [2.05, 4.69) is 5.43 Å². The molecule has 8 heteroatoms. The molecule has 4 rings (SSSR count). The Hall–Kier alpha value is -3.00. The van der Waals surface area contributed by atoms with Crippen molar-refractivity contribution in [2.45, 2.75) is 19.1 Å². The Morgan fingerprint density at radius 3 is 2.12 bits per heavy atom. The highest BCUT2D eigenvalue weighted by atomic mass is 16.5.